The topological polar surface area (TPSA) is 69.6 Å². The van der Waals surface area contributed by atoms with Crippen LogP contribution in [-0.2, 0) is 9.59 Å². The fourth-order valence-corrected chi connectivity index (χ4v) is 5.01. The molecule has 5 heteroatoms. The number of rotatable bonds is 6. The highest BCUT2D eigenvalue weighted by molar-refractivity contribution is 5.79. The van der Waals surface area contributed by atoms with Crippen LogP contribution < -0.4 is 5.32 Å². The van der Waals surface area contributed by atoms with Gasteiger partial charge in [-0.2, -0.15) is 0 Å². The number of carbonyl (C=O) groups is 2. The molecule has 0 unspecified atom stereocenters. The largest absolute Gasteiger partial charge is 0.481 e. The number of hydrogen-bond donors (Lipinski definition) is 2. The first-order valence-corrected chi connectivity index (χ1v) is 9.32. The molecule has 2 atom stereocenters. The molecule has 0 aromatic heterocycles. The number of fused-ring (bicyclic) bond motifs is 1. The van der Waals surface area contributed by atoms with E-state index in [1.54, 1.807) is 0 Å². The van der Waals surface area contributed by atoms with Crippen LogP contribution in [0.25, 0.3) is 0 Å². The smallest absolute Gasteiger partial charge is 0.311 e. The van der Waals surface area contributed by atoms with E-state index in [0.29, 0.717) is 13.1 Å². The lowest BCUT2D eigenvalue weighted by Gasteiger charge is -2.23. The molecule has 2 saturated carbocycles. The zero-order chi connectivity index (χ0) is 16.3. The third-order valence-electron chi connectivity index (χ3n) is 6.33. The van der Waals surface area contributed by atoms with Crippen LogP contribution in [0.3, 0.4) is 0 Å². The molecule has 1 heterocycles. The molecular weight excluding hydrogens is 292 g/mol. The van der Waals surface area contributed by atoms with Gasteiger partial charge in [0.05, 0.1) is 12.0 Å². The van der Waals surface area contributed by atoms with E-state index < -0.39 is 11.4 Å². The molecular formula is C18H30N2O3. The Labute approximate surface area is 138 Å². The Balaban J connectivity index is 1.40. The van der Waals surface area contributed by atoms with Gasteiger partial charge in [0.25, 0.3) is 0 Å². The average Bonchev–Trinajstić information content (AvgIpc) is 3.06. The molecule has 1 aliphatic heterocycles. The average molecular weight is 322 g/mol. The number of aliphatic carboxylic acids is 1. The van der Waals surface area contributed by atoms with E-state index in [9.17, 15) is 14.7 Å². The summed E-state index contributed by atoms with van der Waals surface area (Å²) >= 11 is 0. The number of carboxylic acids is 1. The molecule has 1 amide bonds. The Kier molecular flexibility index (Phi) is 5.24. The van der Waals surface area contributed by atoms with Gasteiger partial charge in [-0.3, -0.25) is 14.5 Å². The molecule has 1 saturated heterocycles. The Morgan fingerprint density at radius 3 is 2.61 bits per heavy atom. The number of carboxylic acid groups (broad SMARTS) is 1. The third-order valence-corrected chi connectivity index (χ3v) is 6.33. The number of nitrogens with one attached hydrogen (secondary N) is 1. The normalized spacial score (nSPS) is 31.9. The summed E-state index contributed by atoms with van der Waals surface area (Å²) < 4.78 is 0. The second kappa shape index (κ2) is 7.20. The number of hydrogen-bond acceptors (Lipinski definition) is 3. The molecule has 0 aromatic rings. The molecule has 3 aliphatic rings. The molecule has 23 heavy (non-hydrogen) atoms. The van der Waals surface area contributed by atoms with Crippen molar-refractivity contribution in [3.8, 4) is 0 Å². The zero-order valence-corrected chi connectivity index (χ0v) is 14.1. The molecule has 3 fully saturated rings. The molecule has 130 valence electrons. The summed E-state index contributed by atoms with van der Waals surface area (Å²) in [6.07, 6.45) is 10.5. The number of amides is 1. The van der Waals surface area contributed by atoms with E-state index in [2.05, 4.69) is 5.32 Å². The minimum absolute atomic E-state index is 0.0568. The molecule has 0 bridgehead atoms. The maximum absolute atomic E-state index is 12.1. The van der Waals surface area contributed by atoms with E-state index in [4.69, 9.17) is 0 Å². The lowest BCUT2D eigenvalue weighted by atomic mass is 9.81. The van der Waals surface area contributed by atoms with Crippen molar-refractivity contribution in [3.05, 3.63) is 0 Å². The van der Waals surface area contributed by atoms with Crippen molar-refractivity contribution >= 4 is 11.9 Å². The summed E-state index contributed by atoms with van der Waals surface area (Å²) in [5, 5.41) is 12.6. The van der Waals surface area contributed by atoms with Crippen LogP contribution in [0, 0.1) is 17.3 Å². The predicted molar refractivity (Wildman–Crippen MR) is 88.1 cm³/mol. The van der Waals surface area contributed by atoms with Crippen molar-refractivity contribution in [2.45, 2.75) is 57.8 Å². The summed E-state index contributed by atoms with van der Waals surface area (Å²) in [6, 6.07) is 0. The van der Waals surface area contributed by atoms with Gasteiger partial charge < -0.3 is 10.4 Å². The van der Waals surface area contributed by atoms with Crippen LogP contribution >= 0.6 is 0 Å². The van der Waals surface area contributed by atoms with Gasteiger partial charge in [0.2, 0.25) is 5.91 Å². The lowest BCUT2D eigenvalue weighted by molar-refractivity contribution is -0.149. The highest BCUT2D eigenvalue weighted by Crippen LogP contribution is 2.48. The Bertz CT molecular complexity index is 448. The first-order valence-electron chi connectivity index (χ1n) is 9.32. The highest BCUT2D eigenvalue weighted by Gasteiger charge is 2.54. The maximum Gasteiger partial charge on any atom is 0.311 e. The Morgan fingerprint density at radius 1 is 1.13 bits per heavy atom. The summed E-state index contributed by atoms with van der Waals surface area (Å²) in [5.74, 6) is 0.405. The van der Waals surface area contributed by atoms with E-state index in [1.165, 1.54) is 32.1 Å². The lowest BCUT2D eigenvalue weighted by Crippen LogP contribution is -2.39. The molecule has 0 aromatic carbocycles. The third kappa shape index (κ3) is 3.70. The van der Waals surface area contributed by atoms with Crippen molar-refractivity contribution in [3.63, 3.8) is 0 Å². The van der Waals surface area contributed by atoms with Crippen LogP contribution in [0.15, 0.2) is 0 Å². The summed E-state index contributed by atoms with van der Waals surface area (Å²) in [4.78, 5) is 25.8. The van der Waals surface area contributed by atoms with Gasteiger partial charge in [-0.25, -0.2) is 0 Å². The Morgan fingerprint density at radius 2 is 1.91 bits per heavy atom. The summed E-state index contributed by atoms with van der Waals surface area (Å²) in [5.41, 5.74) is -0.581. The van der Waals surface area contributed by atoms with E-state index >= 15 is 0 Å². The van der Waals surface area contributed by atoms with Gasteiger partial charge in [0.15, 0.2) is 0 Å². The van der Waals surface area contributed by atoms with Crippen molar-refractivity contribution in [1.29, 1.82) is 0 Å². The highest BCUT2D eigenvalue weighted by atomic mass is 16.4. The number of likely N-dealkylation sites (tertiary alicyclic amines) is 1. The van der Waals surface area contributed by atoms with Crippen molar-refractivity contribution in [2.24, 2.45) is 17.3 Å². The van der Waals surface area contributed by atoms with Crippen molar-refractivity contribution in [1.82, 2.24) is 10.2 Å². The quantitative estimate of drug-likeness (QED) is 0.787. The SMILES string of the molecule is O=C(CN1C[C@@H]2CCC[C@@]2(C(=O)O)C1)NCCC1CCCCC1. The molecule has 5 nitrogen and oxygen atoms in total. The van der Waals surface area contributed by atoms with Crippen LogP contribution in [0.2, 0.25) is 0 Å². The van der Waals surface area contributed by atoms with Gasteiger partial charge in [-0.1, -0.05) is 38.5 Å². The van der Waals surface area contributed by atoms with Gasteiger partial charge in [0, 0.05) is 19.6 Å². The maximum atomic E-state index is 12.1. The second-order valence-corrected chi connectivity index (χ2v) is 7.86. The molecule has 0 radical (unpaired) electrons. The standard InChI is InChI=1S/C18H30N2O3/c21-16(19-10-8-14-5-2-1-3-6-14)12-20-11-15-7-4-9-18(15,13-20)17(22)23/h14-15H,1-13H2,(H,19,21)(H,22,23)/t15-,18+/m0/s1. The van der Waals surface area contributed by atoms with Crippen molar-refractivity contribution in [2.75, 3.05) is 26.2 Å². The predicted octanol–water partition coefficient (Wildman–Crippen LogP) is 2.26. The monoisotopic (exact) mass is 322 g/mol. The molecule has 0 spiro atoms. The first kappa shape index (κ1) is 16.7. The van der Waals surface area contributed by atoms with Crippen molar-refractivity contribution < 1.29 is 14.7 Å². The van der Waals surface area contributed by atoms with Crippen LogP contribution in [0.4, 0.5) is 0 Å². The minimum Gasteiger partial charge on any atom is -0.481 e. The Hall–Kier alpha value is -1.10. The fourth-order valence-electron chi connectivity index (χ4n) is 5.01. The zero-order valence-electron chi connectivity index (χ0n) is 14.1. The van der Waals surface area contributed by atoms with E-state index in [1.807, 2.05) is 4.90 Å². The van der Waals surface area contributed by atoms with E-state index in [-0.39, 0.29) is 11.8 Å². The molecule has 3 rings (SSSR count). The minimum atomic E-state index is -0.666. The number of carbonyl (C=O) groups excluding carboxylic acids is 1. The second-order valence-electron chi connectivity index (χ2n) is 7.86. The number of nitrogens with zero attached hydrogens (tertiary/aromatic N) is 1. The van der Waals surface area contributed by atoms with Gasteiger partial charge in [-0.15, -0.1) is 0 Å². The molecule has 2 N–H and O–H groups in total. The van der Waals surface area contributed by atoms with Gasteiger partial charge >= 0.3 is 5.97 Å². The van der Waals surface area contributed by atoms with Crippen LogP contribution in [0.5, 0.6) is 0 Å². The first-order chi connectivity index (χ1) is 11.1. The van der Waals surface area contributed by atoms with Crippen LogP contribution in [0.1, 0.15) is 57.8 Å². The van der Waals surface area contributed by atoms with E-state index in [0.717, 1.165) is 44.7 Å². The summed E-state index contributed by atoms with van der Waals surface area (Å²) in [6.45, 7) is 2.44. The molecule has 2 aliphatic carbocycles. The summed E-state index contributed by atoms with van der Waals surface area (Å²) in [7, 11) is 0. The fraction of sp³-hybridized carbons (Fsp3) is 0.889. The van der Waals surface area contributed by atoms with Gasteiger partial charge in [0.1, 0.15) is 0 Å². The van der Waals surface area contributed by atoms with Gasteiger partial charge in [-0.05, 0) is 31.1 Å². The van der Waals surface area contributed by atoms with Crippen LogP contribution in [-0.4, -0.2) is 48.1 Å².